The Morgan fingerprint density at radius 2 is 2.33 bits per heavy atom. The number of nitrogens with two attached hydrogens (primary N) is 1. The van der Waals surface area contributed by atoms with E-state index in [0.29, 0.717) is 11.4 Å². The van der Waals surface area contributed by atoms with Crippen molar-refractivity contribution in [3.63, 3.8) is 0 Å². The molecule has 12 heavy (non-hydrogen) atoms. The van der Waals surface area contributed by atoms with Gasteiger partial charge in [0.15, 0.2) is 0 Å². The summed E-state index contributed by atoms with van der Waals surface area (Å²) in [6.45, 7) is 1.99. The fourth-order valence-corrected chi connectivity index (χ4v) is 1.03. The molecule has 0 unspecified atom stereocenters. The van der Waals surface area contributed by atoms with Gasteiger partial charge in [-0.25, -0.2) is 4.79 Å². The number of rotatable bonds is 5. The Bertz CT molecular complexity index is 213. The zero-order valence-electron chi connectivity index (χ0n) is 6.83. The molecular formula is C7H12N2O2S. The molecule has 0 heterocycles. The molecule has 0 fully saturated rings. The van der Waals surface area contributed by atoms with Crippen LogP contribution in [0.15, 0.2) is 11.8 Å². The van der Waals surface area contributed by atoms with E-state index in [-0.39, 0.29) is 0 Å². The van der Waals surface area contributed by atoms with E-state index in [4.69, 9.17) is 16.2 Å². The van der Waals surface area contributed by atoms with Crippen LogP contribution in [-0.4, -0.2) is 28.3 Å². The van der Waals surface area contributed by atoms with Crippen LogP contribution in [0.4, 0.5) is 0 Å². The minimum absolute atomic E-state index is 0.425. The molecule has 0 bridgehead atoms. The zero-order chi connectivity index (χ0) is 9.56. The molecule has 4 nitrogen and oxygen atoms in total. The van der Waals surface area contributed by atoms with Crippen molar-refractivity contribution in [1.82, 2.24) is 0 Å². The fraction of sp³-hybridized carbons (Fsp3) is 0.429. The van der Waals surface area contributed by atoms with Gasteiger partial charge in [0.05, 0.1) is 0 Å². The van der Waals surface area contributed by atoms with Crippen LogP contribution in [0.3, 0.4) is 0 Å². The van der Waals surface area contributed by atoms with Crippen molar-refractivity contribution in [2.45, 2.75) is 6.92 Å². The summed E-state index contributed by atoms with van der Waals surface area (Å²) in [4.78, 5) is 10.2. The summed E-state index contributed by atoms with van der Waals surface area (Å²) in [7, 11) is 0. The van der Waals surface area contributed by atoms with E-state index in [1.807, 2.05) is 6.92 Å². The Kier molecular flexibility index (Phi) is 5.19. The van der Waals surface area contributed by atoms with E-state index in [1.54, 1.807) is 11.8 Å². The van der Waals surface area contributed by atoms with Crippen LogP contribution < -0.4 is 5.73 Å². The highest BCUT2D eigenvalue weighted by Gasteiger charge is 2.02. The van der Waals surface area contributed by atoms with E-state index in [9.17, 15) is 4.79 Å². The van der Waals surface area contributed by atoms with E-state index < -0.39 is 11.7 Å². The first-order valence-electron chi connectivity index (χ1n) is 3.43. The molecule has 0 aliphatic rings. The lowest BCUT2D eigenvalue weighted by Crippen LogP contribution is -2.12. The smallest absolute Gasteiger partial charge is 0.353 e. The number of hydrogen-bond donors (Lipinski definition) is 3. The standard InChI is InChI=1S/C7H12N2O2S/c1-2-12-4-5(8)3-6(9)7(10)11/h3,9H,2,4,8H2,1H3,(H,10,11)/b5-3-,9-6?. The molecule has 0 saturated carbocycles. The van der Waals surface area contributed by atoms with Crippen LogP contribution in [-0.2, 0) is 4.79 Å². The van der Waals surface area contributed by atoms with Gasteiger partial charge in [-0.2, -0.15) is 11.8 Å². The third-order valence-corrected chi connectivity index (χ3v) is 1.98. The maximum atomic E-state index is 10.2. The first kappa shape index (κ1) is 11.0. The third kappa shape index (κ3) is 4.79. The summed E-state index contributed by atoms with van der Waals surface area (Å²) >= 11 is 1.59. The van der Waals surface area contributed by atoms with Crippen LogP contribution >= 0.6 is 11.8 Å². The van der Waals surface area contributed by atoms with Crippen molar-refractivity contribution in [2.75, 3.05) is 11.5 Å². The topological polar surface area (TPSA) is 87.2 Å². The van der Waals surface area contributed by atoms with Gasteiger partial charge >= 0.3 is 5.97 Å². The summed E-state index contributed by atoms with van der Waals surface area (Å²) in [5, 5.41) is 15.3. The van der Waals surface area contributed by atoms with Crippen molar-refractivity contribution in [3.05, 3.63) is 11.8 Å². The molecule has 0 radical (unpaired) electrons. The Hall–Kier alpha value is -0.970. The highest BCUT2D eigenvalue weighted by atomic mass is 32.2. The molecule has 0 amide bonds. The molecule has 5 heteroatoms. The SMILES string of the molecule is CCSC/C(N)=C/C(=N)C(=O)O. The summed E-state index contributed by atoms with van der Waals surface area (Å²) in [5.74, 6) is 0.251. The monoisotopic (exact) mass is 188 g/mol. The summed E-state index contributed by atoms with van der Waals surface area (Å²) < 4.78 is 0. The van der Waals surface area contributed by atoms with Gasteiger partial charge in [0, 0.05) is 11.4 Å². The number of carboxylic acids is 1. The Morgan fingerprint density at radius 1 is 1.75 bits per heavy atom. The van der Waals surface area contributed by atoms with Gasteiger partial charge in [-0.15, -0.1) is 0 Å². The Morgan fingerprint density at radius 3 is 2.75 bits per heavy atom. The molecule has 0 aromatic carbocycles. The number of nitrogens with one attached hydrogen (secondary N) is 1. The third-order valence-electron chi connectivity index (χ3n) is 1.03. The molecular weight excluding hydrogens is 176 g/mol. The molecule has 0 aliphatic heterocycles. The minimum atomic E-state index is -1.25. The van der Waals surface area contributed by atoms with E-state index in [2.05, 4.69) is 0 Å². The molecule has 0 saturated heterocycles. The predicted molar refractivity (Wildman–Crippen MR) is 50.6 cm³/mol. The van der Waals surface area contributed by atoms with Crippen molar-refractivity contribution in [1.29, 1.82) is 5.41 Å². The Balaban J connectivity index is 3.98. The number of carbonyl (C=O) groups is 1. The van der Waals surface area contributed by atoms with E-state index in [0.717, 1.165) is 5.75 Å². The maximum absolute atomic E-state index is 10.2. The van der Waals surface area contributed by atoms with Crippen molar-refractivity contribution < 1.29 is 9.90 Å². The van der Waals surface area contributed by atoms with Crippen molar-refractivity contribution in [3.8, 4) is 0 Å². The van der Waals surface area contributed by atoms with Crippen LogP contribution in [0.2, 0.25) is 0 Å². The van der Waals surface area contributed by atoms with Gasteiger partial charge in [0.1, 0.15) is 5.71 Å². The van der Waals surface area contributed by atoms with Gasteiger partial charge in [-0.1, -0.05) is 6.92 Å². The van der Waals surface area contributed by atoms with Gasteiger partial charge in [0.2, 0.25) is 0 Å². The molecule has 0 aliphatic carbocycles. The lowest BCUT2D eigenvalue weighted by atomic mass is 10.3. The second-order valence-electron chi connectivity index (χ2n) is 2.08. The molecule has 0 atom stereocenters. The highest BCUT2D eigenvalue weighted by Crippen LogP contribution is 2.02. The minimum Gasteiger partial charge on any atom is -0.477 e. The molecule has 68 valence electrons. The highest BCUT2D eigenvalue weighted by molar-refractivity contribution is 7.99. The second kappa shape index (κ2) is 5.65. The fourth-order valence-electron chi connectivity index (χ4n) is 0.509. The van der Waals surface area contributed by atoms with Gasteiger partial charge in [-0.05, 0) is 11.8 Å². The first-order valence-corrected chi connectivity index (χ1v) is 4.59. The normalized spacial score (nSPS) is 11.2. The molecule has 0 rings (SSSR count). The van der Waals surface area contributed by atoms with Crippen LogP contribution in [0.5, 0.6) is 0 Å². The number of carboxylic acid groups (broad SMARTS) is 1. The Labute approximate surface area is 75.3 Å². The molecule has 4 N–H and O–H groups in total. The molecule has 0 spiro atoms. The lowest BCUT2D eigenvalue weighted by molar-refractivity contribution is -0.129. The largest absolute Gasteiger partial charge is 0.477 e. The predicted octanol–water partition coefficient (Wildman–Crippen LogP) is 0.686. The lowest BCUT2D eigenvalue weighted by Gasteiger charge is -1.98. The van der Waals surface area contributed by atoms with E-state index in [1.165, 1.54) is 6.08 Å². The maximum Gasteiger partial charge on any atom is 0.353 e. The number of aliphatic carboxylic acids is 1. The van der Waals surface area contributed by atoms with Gasteiger partial charge < -0.3 is 10.8 Å². The van der Waals surface area contributed by atoms with E-state index >= 15 is 0 Å². The van der Waals surface area contributed by atoms with Crippen molar-refractivity contribution in [2.24, 2.45) is 5.73 Å². The van der Waals surface area contributed by atoms with Crippen LogP contribution in [0.25, 0.3) is 0 Å². The summed E-state index contributed by atoms with van der Waals surface area (Å²) in [5.41, 5.74) is 5.39. The van der Waals surface area contributed by atoms with Gasteiger partial charge in [-0.3, -0.25) is 5.41 Å². The quantitative estimate of drug-likeness (QED) is 0.554. The second-order valence-corrected chi connectivity index (χ2v) is 3.35. The van der Waals surface area contributed by atoms with Crippen LogP contribution in [0.1, 0.15) is 6.92 Å². The average molecular weight is 188 g/mol. The van der Waals surface area contributed by atoms with Gasteiger partial charge in [0.25, 0.3) is 0 Å². The first-order chi connectivity index (χ1) is 5.57. The summed E-state index contributed by atoms with van der Waals surface area (Å²) in [6, 6.07) is 0. The zero-order valence-corrected chi connectivity index (χ0v) is 7.65. The molecule has 0 aromatic rings. The summed E-state index contributed by atoms with van der Waals surface area (Å²) in [6.07, 6.45) is 1.17. The average Bonchev–Trinajstić information content (AvgIpc) is 2.00. The number of thioether (sulfide) groups is 1. The van der Waals surface area contributed by atoms with Crippen LogP contribution in [0, 0.1) is 5.41 Å². The molecule has 0 aromatic heterocycles. The van der Waals surface area contributed by atoms with Crippen molar-refractivity contribution >= 4 is 23.4 Å². The number of hydrogen-bond acceptors (Lipinski definition) is 4.